The largest absolute Gasteiger partial charge is 0.370 e. The number of fused-ring (bicyclic) bond motifs is 1. The van der Waals surface area contributed by atoms with Gasteiger partial charge in [0.2, 0.25) is 23.1 Å². The number of ketones is 2. The second-order valence-corrected chi connectivity index (χ2v) is 6.08. The fourth-order valence-electron chi connectivity index (χ4n) is 3.03. The molecule has 2 aromatic carbocycles. The van der Waals surface area contributed by atoms with Crippen LogP contribution in [-0.4, -0.2) is 22.6 Å². The SMILES string of the molecule is CC(=O)Nc1cc(C)c(C)cc1C1(O)C(=O)c2ccccc2C1=O. The Bertz CT molecular complexity index is 863. The van der Waals surface area contributed by atoms with Crippen LogP contribution in [-0.2, 0) is 10.4 Å². The Kier molecular flexibility index (Phi) is 3.61. The zero-order valence-corrected chi connectivity index (χ0v) is 13.6. The van der Waals surface area contributed by atoms with E-state index < -0.39 is 17.2 Å². The molecule has 0 bridgehead atoms. The number of amides is 1. The van der Waals surface area contributed by atoms with Crippen LogP contribution in [0.2, 0.25) is 0 Å². The molecule has 24 heavy (non-hydrogen) atoms. The van der Waals surface area contributed by atoms with Crippen molar-refractivity contribution in [3.8, 4) is 0 Å². The Balaban J connectivity index is 2.26. The molecule has 0 radical (unpaired) electrons. The number of anilines is 1. The van der Waals surface area contributed by atoms with Crippen molar-refractivity contribution in [2.45, 2.75) is 26.4 Å². The average molecular weight is 323 g/mol. The van der Waals surface area contributed by atoms with Gasteiger partial charge in [-0.1, -0.05) is 24.3 Å². The summed E-state index contributed by atoms with van der Waals surface area (Å²) in [6.07, 6.45) is 0. The van der Waals surface area contributed by atoms with E-state index >= 15 is 0 Å². The van der Waals surface area contributed by atoms with E-state index in [-0.39, 0.29) is 28.3 Å². The summed E-state index contributed by atoms with van der Waals surface area (Å²) in [5.74, 6) is -1.69. The molecule has 0 saturated carbocycles. The highest BCUT2D eigenvalue weighted by atomic mass is 16.3. The number of carbonyl (C=O) groups is 3. The quantitative estimate of drug-likeness (QED) is 0.832. The lowest BCUT2D eigenvalue weighted by molar-refractivity contribution is -0.114. The van der Waals surface area contributed by atoms with E-state index in [2.05, 4.69) is 5.32 Å². The first-order chi connectivity index (χ1) is 11.3. The van der Waals surface area contributed by atoms with Gasteiger partial charge < -0.3 is 10.4 Å². The van der Waals surface area contributed by atoms with Crippen molar-refractivity contribution in [1.29, 1.82) is 0 Å². The molecule has 122 valence electrons. The van der Waals surface area contributed by atoms with E-state index in [9.17, 15) is 19.5 Å². The third-order valence-electron chi connectivity index (χ3n) is 4.41. The molecule has 2 aromatic rings. The Hall–Kier alpha value is -2.79. The van der Waals surface area contributed by atoms with Gasteiger partial charge in [-0.05, 0) is 37.1 Å². The molecule has 0 fully saturated rings. The average Bonchev–Trinajstić information content (AvgIpc) is 2.73. The van der Waals surface area contributed by atoms with Gasteiger partial charge in [-0.3, -0.25) is 14.4 Å². The first-order valence-electron chi connectivity index (χ1n) is 7.57. The standard InChI is InChI=1S/C19H17NO4/c1-10-8-15(16(9-11(10)2)20-12(3)21)19(24)17(22)13-6-4-5-7-14(13)18(19)23/h4-9,24H,1-3H3,(H,20,21). The number of aliphatic hydroxyl groups is 1. The molecule has 0 aromatic heterocycles. The zero-order valence-electron chi connectivity index (χ0n) is 13.6. The molecular weight excluding hydrogens is 306 g/mol. The number of Topliss-reactive ketones (excluding diaryl/α,β-unsaturated/α-hetero) is 2. The van der Waals surface area contributed by atoms with Crippen LogP contribution < -0.4 is 5.32 Å². The number of rotatable bonds is 2. The molecule has 0 heterocycles. The van der Waals surface area contributed by atoms with Crippen molar-refractivity contribution < 1.29 is 19.5 Å². The van der Waals surface area contributed by atoms with Crippen LogP contribution >= 0.6 is 0 Å². The molecular formula is C19H17NO4. The third kappa shape index (κ3) is 2.17. The van der Waals surface area contributed by atoms with Gasteiger partial charge in [-0.15, -0.1) is 0 Å². The van der Waals surface area contributed by atoms with Crippen molar-refractivity contribution in [3.05, 3.63) is 64.2 Å². The van der Waals surface area contributed by atoms with Crippen LogP contribution in [0.1, 0.15) is 44.3 Å². The highest BCUT2D eigenvalue weighted by Gasteiger charge is 2.54. The van der Waals surface area contributed by atoms with E-state index in [0.717, 1.165) is 11.1 Å². The van der Waals surface area contributed by atoms with E-state index in [4.69, 9.17) is 0 Å². The summed E-state index contributed by atoms with van der Waals surface area (Å²) < 4.78 is 0. The number of hydrogen-bond acceptors (Lipinski definition) is 4. The molecule has 0 spiro atoms. The van der Waals surface area contributed by atoms with E-state index in [0.29, 0.717) is 0 Å². The normalized spacial score (nSPS) is 15.3. The lowest BCUT2D eigenvalue weighted by Crippen LogP contribution is -2.39. The maximum Gasteiger partial charge on any atom is 0.221 e. The summed E-state index contributed by atoms with van der Waals surface area (Å²) in [4.78, 5) is 37.1. The van der Waals surface area contributed by atoms with Gasteiger partial charge in [0.05, 0.1) is 0 Å². The van der Waals surface area contributed by atoms with Crippen molar-refractivity contribution >= 4 is 23.2 Å². The molecule has 1 aliphatic rings. The van der Waals surface area contributed by atoms with Gasteiger partial charge in [0.15, 0.2) is 0 Å². The number of aryl methyl sites for hydroxylation is 2. The highest BCUT2D eigenvalue weighted by Crippen LogP contribution is 2.41. The molecule has 5 heteroatoms. The van der Waals surface area contributed by atoms with Crippen LogP contribution in [0.5, 0.6) is 0 Å². The second-order valence-electron chi connectivity index (χ2n) is 6.08. The third-order valence-corrected chi connectivity index (χ3v) is 4.41. The Morgan fingerprint density at radius 3 is 2.00 bits per heavy atom. The molecule has 0 atom stereocenters. The van der Waals surface area contributed by atoms with Crippen LogP contribution in [0, 0.1) is 13.8 Å². The summed E-state index contributed by atoms with van der Waals surface area (Å²) >= 11 is 0. The van der Waals surface area contributed by atoms with Gasteiger partial charge in [0.25, 0.3) is 0 Å². The van der Waals surface area contributed by atoms with E-state index in [1.165, 1.54) is 19.1 Å². The first-order valence-corrected chi connectivity index (χ1v) is 7.57. The number of hydrogen-bond donors (Lipinski definition) is 2. The minimum Gasteiger partial charge on any atom is -0.370 e. The van der Waals surface area contributed by atoms with Gasteiger partial charge >= 0.3 is 0 Å². The highest BCUT2D eigenvalue weighted by molar-refractivity contribution is 6.32. The minimum absolute atomic E-state index is 0.104. The maximum atomic E-state index is 12.8. The van der Waals surface area contributed by atoms with Gasteiger partial charge in [-0.2, -0.15) is 0 Å². The maximum absolute atomic E-state index is 12.8. The topological polar surface area (TPSA) is 83.5 Å². The fraction of sp³-hybridized carbons (Fsp3) is 0.211. The smallest absolute Gasteiger partial charge is 0.221 e. The Labute approximate surface area is 139 Å². The summed E-state index contributed by atoms with van der Waals surface area (Å²) in [6, 6.07) is 9.57. The van der Waals surface area contributed by atoms with Crippen LogP contribution in [0.3, 0.4) is 0 Å². The Morgan fingerprint density at radius 2 is 1.50 bits per heavy atom. The zero-order chi connectivity index (χ0) is 17.6. The predicted octanol–water partition coefficient (Wildman–Crippen LogP) is 2.53. The summed E-state index contributed by atoms with van der Waals surface area (Å²) in [6.45, 7) is 4.99. The minimum atomic E-state index is -2.32. The van der Waals surface area contributed by atoms with Gasteiger partial charge in [0.1, 0.15) is 0 Å². The van der Waals surface area contributed by atoms with Crippen LogP contribution in [0.4, 0.5) is 5.69 Å². The predicted molar refractivity (Wildman–Crippen MR) is 89.2 cm³/mol. The van der Waals surface area contributed by atoms with E-state index in [1.54, 1.807) is 24.3 Å². The molecule has 0 saturated heterocycles. The van der Waals surface area contributed by atoms with Crippen LogP contribution in [0.15, 0.2) is 36.4 Å². The molecule has 0 unspecified atom stereocenters. The first kappa shape index (κ1) is 16.1. The summed E-state index contributed by atoms with van der Waals surface area (Å²) in [7, 11) is 0. The molecule has 0 aliphatic heterocycles. The molecule has 1 aliphatic carbocycles. The van der Waals surface area contributed by atoms with Crippen molar-refractivity contribution in [1.82, 2.24) is 0 Å². The van der Waals surface area contributed by atoms with Crippen molar-refractivity contribution in [2.24, 2.45) is 0 Å². The number of carbonyl (C=O) groups excluding carboxylic acids is 3. The molecule has 1 amide bonds. The number of benzene rings is 2. The molecule has 5 nitrogen and oxygen atoms in total. The molecule has 2 N–H and O–H groups in total. The summed E-state index contributed by atoms with van der Waals surface area (Å²) in [5.41, 5.74) is 0.120. The monoisotopic (exact) mass is 323 g/mol. The lowest BCUT2D eigenvalue weighted by Gasteiger charge is -2.24. The van der Waals surface area contributed by atoms with Crippen molar-refractivity contribution in [3.63, 3.8) is 0 Å². The van der Waals surface area contributed by atoms with E-state index in [1.807, 2.05) is 13.8 Å². The van der Waals surface area contributed by atoms with Crippen LogP contribution in [0.25, 0.3) is 0 Å². The fourth-order valence-corrected chi connectivity index (χ4v) is 3.03. The van der Waals surface area contributed by atoms with Crippen molar-refractivity contribution in [2.75, 3.05) is 5.32 Å². The summed E-state index contributed by atoms with van der Waals surface area (Å²) in [5, 5.41) is 13.7. The number of nitrogens with one attached hydrogen (secondary N) is 1. The van der Waals surface area contributed by atoms with Gasteiger partial charge in [-0.25, -0.2) is 0 Å². The second kappa shape index (κ2) is 5.39. The lowest BCUT2D eigenvalue weighted by atomic mass is 9.85. The Morgan fingerprint density at radius 1 is 1.00 bits per heavy atom. The van der Waals surface area contributed by atoms with Gasteiger partial charge in [0, 0.05) is 29.3 Å². The molecule has 3 rings (SSSR count).